The van der Waals surface area contributed by atoms with Crippen molar-refractivity contribution in [3.63, 3.8) is 0 Å². The second kappa shape index (κ2) is 6.11. The third-order valence-corrected chi connectivity index (χ3v) is 2.34. The molecule has 98 valence electrons. The summed E-state index contributed by atoms with van der Waals surface area (Å²) in [6, 6.07) is 3.21. The molecule has 2 N–H and O–H groups in total. The van der Waals surface area contributed by atoms with E-state index >= 15 is 0 Å². The Balaban J connectivity index is 2.86. The molecular formula is C12H14FNO4. The summed E-state index contributed by atoms with van der Waals surface area (Å²) >= 11 is 0. The number of hydrogen-bond donors (Lipinski definition) is 2. The molecule has 1 aromatic carbocycles. The number of carbonyl (C=O) groups is 2. The quantitative estimate of drug-likeness (QED) is 0.840. The van der Waals surface area contributed by atoms with Gasteiger partial charge in [-0.3, -0.25) is 4.79 Å². The zero-order chi connectivity index (χ0) is 13.7. The number of rotatable bonds is 5. The van der Waals surface area contributed by atoms with E-state index in [4.69, 9.17) is 9.84 Å². The van der Waals surface area contributed by atoms with Crippen molar-refractivity contribution in [2.45, 2.75) is 6.92 Å². The number of amides is 1. The van der Waals surface area contributed by atoms with Gasteiger partial charge in [-0.2, -0.15) is 0 Å². The van der Waals surface area contributed by atoms with Crippen LogP contribution in [0.15, 0.2) is 18.2 Å². The summed E-state index contributed by atoms with van der Waals surface area (Å²) in [6.45, 7) is 1.82. The monoisotopic (exact) mass is 255 g/mol. The number of benzene rings is 1. The molecule has 0 aliphatic heterocycles. The summed E-state index contributed by atoms with van der Waals surface area (Å²) in [5, 5.41) is 11.1. The van der Waals surface area contributed by atoms with Gasteiger partial charge in [-0.1, -0.05) is 6.92 Å². The van der Waals surface area contributed by atoms with E-state index < -0.39 is 23.6 Å². The minimum Gasteiger partial charge on any atom is -0.478 e. The van der Waals surface area contributed by atoms with Gasteiger partial charge in [0.2, 0.25) is 5.91 Å². The zero-order valence-corrected chi connectivity index (χ0v) is 10.1. The average molecular weight is 255 g/mol. The molecule has 1 amide bonds. The number of anilines is 1. The maximum atomic E-state index is 13.4. The molecule has 0 aliphatic carbocycles. The Hall–Kier alpha value is -1.95. The van der Waals surface area contributed by atoms with Crippen LogP contribution in [0.2, 0.25) is 0 Å². The highest BCUT2D eigenvalue weighted by atomic mass is 19.1. The van der Waals surface area contributed by atoms with Gasteiger partial charge in [-0.15, -0.1) is 0 Å². The van der Waals surface area contributed by atoms with Crippen molar-refractivity contribution in [3.05, 3.63) is 29.6 Å². The Morgan fingerprint density at radius 3 is 2.72 bits per heavy atom. The van der Waals surface area contributed by atoms with E-state index in [0.29, 0.717) is 0 Å². The Morgan fingerprint density at radius 2 is 2.17 bits per heavy atom. The smallest absolute Gasteiger partial charge is 0.335 e. The first-order chi connectivity index (χ1) is 8.45. The molecule has 0 saturated heterocycles. The maximum absolute atomic E-state index is 13.4. The Bertz CT molecular complexity index is 461. The summed E-state index contributed by atoms with van der Waals surface area (Å²) in [5.74, 6) is -2.76. The number of carboxylic acids is 1. The normalized spacial score (nSPS) is 11.9. The molecule has 0 heterocycles. The molecule has 1 atom stereocenters. The van der Waals surface area contributed by atoms with Crippen molar-refractivity contribution in [2.24, 2.45) is 5.92 Å². The fourth-order valence-electron chi connectivity index (χ4n) is 1.34. The van der Waals surface area contributed by atoms with Gasteiger partial charge < -0.3 is 15.2 Å². The molecule has 0 radical (unpaired) electrons. The molecular weight excluding hydrogens is 241 g/mol. The number of nitrogens with one attached hydrogen (secondary N) is 1. The van der Waals surface area contributed by atoms with Gasteiger partial charge >= 0.3 is 5.97 Å². The average Bonchev–Trinajstić information content (AvgIpc) is 2.31. The van der Waals surface area contributed by atoms with Crippen LogP contribution in [0, 0.1) is 11.7 Å². The van der Waals surface area contributed by atoms with Crippen LogP contribution in [0.5, 0.6) is 0 Å². The lowest BCUT2D eigenvalue weighted by Crippen LogP contribution is -2.24. The molecule has 0 aliphatic rings. The van der Waals surface area contributed by atoms with E-state index in [1.165, 1.54) is 7.11 Å². The van der Waals surface area contributed by atoms with E-state index in [1.54, 1.807) is 6.92 Å². The highest BCUT2D eigenvalue weighted by Crippen LogP contribution is 2.17. The minimum absolute atomic E-state index is 0.0916. The van der Waals surface area contributed by atoms with Crippen molar-refractivity contribution in [1.82, 2.24) is 0 Å². The fraction of sp³-hybridized carbons (Fsp3) is 0.333. The third-order valence-electron chi connectivity index (χ3n) is 2.34. The number of carbonyl (C=O) groups excluding carboxylic acids is 1. The molecule has 0 saturated carbocycles. The van der Waals surface area contributed by atoms with Crippen LogP contribution in [-0.4, -0.2) is 30.7 Å². The Labute approximate surface area is 104 Å². The van der Waals surface area contributed by atoms with E-state index in [9.17, 15) is 14.0 Å². The Kier molecular flexibility index (Phi) is 4.79. The van der Waals surface area contributed by atoms with E-state index in [0.717, 1.165) is 18.2 Å². The molecule has 0 bridgehead atoms. The predicted molar refractivity (Wildman–Crippen MR) is 63.0 cm³/mol. The summed E-state index contributed by atoms with van der Waals surface area (Å²) in [7, 11) is 1.45. The SMILES string of the molecule is COCC(C)C(=O)Nc1cc(C(=O)O)ccc1F. The predicted octanol–water partition coefficient (Wildman–Crippen LogP) is 1.74. The molecule has 1 rings (SSSR count). The third kappa shape index (κ3) is 3.53. The summed E-state index contributed by atoms with van der Waals surface area (Å²) in [4.78, 5) is 22.4. The highest BCUT2D eigenvalue weighted by molar-refractivity contribution is 5.95. The van der Waals surface area contributed by atoms with Crippen molar-refractivity contribution in [3.8, 4) is 0 Å². The summed E-state index contributed by atoms with van der Waals surface area (Å²) in [6.07, 6.45) is 0. The number of aromatic carboxylic acids is 1. The molecule has 5 nitrogen and oxygen atoms in total. The molecule has 18 heavy (non-hydrogen) atoms. The van der Waals surface area contributed by atoms with Crippen LogP contribution < -0.4 is 5.32 Å². The van der Waals surface area contributed by atoms with Gasteiger partial charge in [-0.25, -0.2) is 9.18 Å². The summed E-state index contributed by atoms with van der Waals surface area (Å²) in [5.41, 5.74) is -0.242. The topological polar surface area (TPSA) is 75.6 Å². The van der Waals surface area contributed by atoms with Crippen LogP contribution in [0.25, 0.3) is 0 Å². The maximum Gasteiger partial charge on any atom is 0.335 e. The first-order valence-corrected chi connectivity index (χ1v) is 5.28. The van der Waals surface area contributed by atoms with Crippen LogP contribution in [0.4, 0.5) is 10.1 Å². The minimum atomic E-state index is -1.18. The van der Waals surface area contributed by atoms with Crippen molar-refractivity contribution < 1.29 is 23.8 Å². The first-order valence-electron chi connectivity index (χ1n) is 5.28. The Morgan fingerprint density at radius 1 is 1.50 bits per heavy atom. The molecule has 6 heteroatoms. The largest absolute Gasteiger partial charge is 0.478 e. The second-order valence-electron chi connectivity index (χ2n) is 3.85. The van der Waals surface area contributed by atoms with Gasteiger partial charge in [-0.05, 0) is 18.2 Å². The van der Waals surface area contributed by atoms with Crippen LogP contribution in [-0.2, 0) is 9.53 Å². The molecule has 1 aromatic rings. The number of halogens is 1. The first kappa shape index (κ1) is 14.1. The van der Waals surface area contributed by atoms with Crippen LogP contribution in [0.3, 0.4) is 0 Å². The highest BCUT2D eigenvalue weighted by Gasteiger charge is 2.15. The van der Waals surface area contributed by atoms with Gasteiger partial charge in [0, 0.05) is 7.11 Å². The lowest BCUT2D eigenvalue weighted by atomic mass is 10.1. The lowest BCUT2D eigenvalue weighted by molar-refractivity contribution is -0.120. The van der Waals surface area contributed by atoms with E-state index in [-0.39, 0.29) is 17.9 Å². The standard InChI is InChI=1S/C12H14FNO4/c1-7(6-18-2)11(15)14-10-5-8(12(16)17)3-4-9(10)13/h3-5,7H,6H2,1-2H3,(H,14,15)(H,16,17). The van der Waals surface area contributed by atoms with E-state index in [1.807, 2.05) is 0 Å². The summed E-state index contributed by atoms with van der Waals surface area (Å²) < 4.78 is 18.2. The number of carboxylic acid groups (broad SMARTS) is 1. The van der Waals surface area contributed by atoms with Gasteiger partial charge in [0.25, 0.3) is 0 Å². The number of methoxy groups -OCH3 is 1. The zero-order valence-electron chi connectivity index (χ0n) is 10.1. The second-order valence-corrected chi connectivity index (χ2v) is 3.85. The molecule has 0 spiro atoms. The molecule has 0 fully saturated rings. The molecule has 0 aromatic heterocycles. The van der Waals surface area contributed by atoms with E-state index in [2.05, 4.69) is 5.32 Å². The van der Waals surface area contributed by atoms with Gasteiger partial charge in [0.15, 0.2) is 0 Å². The van der Waals surface area contributed by atoms with Crippen molar-refractivity contribution >= 4 is 17.6 Å². The van der Waals surface area contributed by atoms with Crippen molar-refractivity contribution in [2.75, 3.05) is 19.0 Å². The fourth-order valence-corrected chi connectivity index (χ4v) is 1.34. The molecule has 1 unspecified atom stereocenters. The number of ether oxygens (including phenoxy) is 1. The van der Waals surface area contributed by atoms with Crippen LogP contribution in [0.1, 0.15) is 17.3 Å². The van der Waals surface area contributed by atoms with Crippen molar-refractivity contribution in [1.29, 1.82) is 0 Å². The lowest BCUT2D eigenvalue weighted by Gasteiger charge is -2.12. The number of hydrogen-bond acceptors (Lipinski definition) is 3. The van der Waals surface area contributed by atoms with Gasteiger partial charge in [0.05, 0.1) is 23.8 Å². The van der Waals surface area contributed by atoms with Crippen LogP contribution >= 0.6 is 0 Å². The van der Waals surface area contributed by atoms with Gasteiger partial charge in [0.1, 0.15) is 5.82 Å².